The summed E-state index contributed by atoms with van der Waals surface area (Å²) < 4.78 is 27.4. The lowest BCUT2D eigenvalue weighted by Crippen LogP contribution is -2.31. The number of hydrogen-bond acceptors (Lipinski definition) is 3. The van der Waals surface area contributed by atoms with Crippen molar-refractivity contribution < 1.29 is 13.4 Å². The van der Waals surface area contributed by atoms with Crippen LogP contribution < -0.4 is 14.6 Å². The van der Waals surface area contributed by atoms with Crippen molar-refractivity contribution in [1.29, 1.82) is 0 Å². The Morgan fingerprint density at radius 2 is 1.67 bits per heavy atom. The van der Waals surface area contributed by atoms with Crippen LogP contribution in [0.1, 0.15) is 18.1 Å². The van der Waals surface area contributed by atoms with Crippen LogP contribution in [-0.4, -0.2) is 15.0 Å². The molecule has 3 rings (SSSR count). The van der Waals surface area contributed by atoms with Crippen molar-refractivity contribution in [2.75, 3.05) is 16.2 Å². The number of pyridine rings is 1. The van der Waals surface area contributed by atoms with Crippen LogP contribution >= 0.6 is 0 Å². The van der Waals surface area contributed by atoms with E-state index in [0.29, 0.717) is 18.8 Å². The summed E-state index contributed by atoms with van der Waals surface area (Å²) in [6.45, 7) is 4.92. The van der Waals surface area contributed by atoms with E-state index >= 15 is 0 Å². The van der Waals surface area contributed by atoms with Gasteiger partial charge in [0.25, 0.3) is 15.8 Å². The molecule has 0 radical (unpaired) electrons. The maximum Gasteiger partial charge on any atom is 0.272 e. The van der Waals surface area contributed by atoms with Crippen LogP contribution in [0.2, 0.25) is 0 Å². The van der Waals surface area contributed by atoms with Crippen molar-refractivity contribution in [1.82, 2.24) is 0 Å². The van der Waals surface area contributed by atoms with E-state index < -0.39 is 10.0 Å². The highest BCUT2D eigenvalue weighted by Crippen LogP contribution is 2.22. The molecule has 0 atom stereocenters. The topological polar surface area (TPSA) is 63.6 Å². The lowest BCUT2D eigenvalue weighted by atomic mass is 10.1. The number of anilines is 2. The fraction of sp³-hybridized carbons (Fsp3) is 0.190. The van der Waals surface area contributed by atoms with Gasteiger partial charge in [-0.15, -0.1) is 0 Å². The molecular formula is C21H24N3O2S+. The minimum atomic E-state index is -3.62. The van der Waals surface area contributed by atoms with E-state index in [1.807, 2.05) is 37.3 Å². The number of nitrogens with zero attached hydrogens (tertiary/aromatic N) is 1. The molecule has 27 heavy (non-hydrogen) atoms. The largest absolute Gasteiger partial charge is 0.272 e. The number of aromatic amines is 1. The molecule has 0 saturated heterocycles. The smallest absolute Gasteiger partial charge is 0.270 e. The summed E-state index contributed by atoms with van der Waals surface area (Å²) in [5.41, 5.74) is 3.07. The first kappa shape index (κ1) is 18.9. The van der Waals surface area contributed by atoms with Crippen LogP contribution in [0, 0.1) is 6.92 Å². The van der Waals surface area contributed by atoms with Gasteiger partial charge in [0.15, 0.2) is 0 Å². The number of para-hydroxylation sites is 1. The molecule has 6 heteroatoms. The van der Waals surface area contributed by atoms with Crippen LogP contribution in [0.4, 0.5) is 11.5 Å². The molecule has 5 nitrogen and oxygen atoms in total. The van der Waals surface area contributed by atoms with E-state index in [-0.39, 0.29) is 4.90 Å². The summed E-state index contributed by atoms with van der Waals surface area (Å²) in [5, 5.41) is 3.29. The highest BCUT2D eigenvalue weighted by molar-refractivity contribution is 7.92. The zero-order valence-corrected chi connectivity index (χ0v) is 16.3. The van der Waals surface area contributed by atoms with Gasteiger partial charge in [0.1, 0.15) is 17.6 Å². The Morgan fingerprint density at radius 1 is 0.963 bits per heavy atom. The Balaban J connectivity index is 1.76. The van der Waals surface area contributed by atoms with Crippen LogP contribution in [0.25, 0.3) is 0 Å². The predicted molar refractivity (Wildman–Crippen MR) is 108 cm³/mol. The molecule has 1 aromatic heterocycles. The normalized spacial score (nSPS) is 11.2. The van der Waals surface area contributed by atoms with E-state index in [9.17, 15) is 8.42 Å². The van der Waals surface area contributed by atoms with Gasteiger partial charge >= 0.3 is 0 Å². The standard InChI is InChI=1S/C21H23N3O2S/c1-3-24(19-11-5-4-6-12-19)27(25,26)20-13-14-21(23-16-20)22-15-18-10-8-7-9-17(18)2/h4-14,16H,3,15H2,1-2H3,(H,22,23)/p+1. The zero-order valence-electron chi connectivity index (χ0n) is 15.5. The van der Waals surface area contributed by atoms with Gasteiger partial charge < -0.3 is 0 Å². The molecule has 1 heterocycles. The second kappa shape index (κ2) is 8.22. The molecule has 0 aliphatic heterocycles. The highest BCUT2D eigenvalue weighted by atomic mass is 32.2. The van der Waals surface area contributed by atoms with Gasteiger partial charge in [-0.1, -0.05) is 42.5 Å². The van der Waals surface area contributed by atoms with Crippen molar-refractivity contribution in [3.05, 3.63) is 84.1 Å². The first-order valence-corrected chi connectivity index (χ1v) is 10.3. The van der Waals surface area contributed by atoms with Gasteiger partial charge in [0.05, 0.1) is 5.69 Å². The number of aromatic nitrogens is 1. The Kier molecular flexibility index (Phi) is 5.76. The van der Waals surface area contributed by atoms with Crippen molar-refractivity contribution >= 4 is 21.5 Å². The fourth-order valence-electron chi connectivity index (χ4n) is 2.89. The van der Waals surface area contributed by atoms with E-state index in [2.05, 4.69) is 29.4 Å². The molecular weight excluding hydrogens is 358 g/mol. The van der Waals surface area contributed by atoms with Crippen LogP contribution in [0.3, 0.4) is 0 Å². The fourth-order valence-corrected chi connectivity index (χ4v) is 4.33. The number of hydrogen-bond donors (Lipinski definition) is 1. The van der Waals surface area contributed by atoms with E-state index in [0.717, 1.165) is 5.82 Å². The van der Waals surface area contributed by atoms with E-state index in [1.54, 1.807) is 24.3 Å². The quantitative estimate of drug-likeness (QED) is 0.679. The zero-order chi connectivity index (χ0) is 19.3. The molecule has 0 bridgehead atoms. The Bertz CT molecular complexity index is 987. The number of sulfonamides is 1. The number of aryl methyl sites for hydroxylation is 1. The van der Waals surface area contributed by atoms with Crippen molar-refractivity contribution in [2.24, 2.45) is 0 Å². The number of rotatable bonds is 7. The minimum Gasteiger partial charge on any atom is -0.270 e. The molecule has 0 saturated carbocycles. The summed E-state index contributed by atoms with van der Waals surface area (Å²) in [7, 11) is -3.62. The second-order valence-corrected chi connectivity index (χ2v) is 8.09. The monoisotopic (exact) mass is 382 g/mol. The summed E-state index contributed by atoms with van der Waals surface area (Å²) in [5.74, 6) is 0.764. The molecule has 0 amide bonds. The van der Waals surface area contributed by atoms with Gasteiger partial charge in [0.2, 0.25) is 0 Å². The minimum absolute atomic E-state index is 0.231. The van der Waals surface area contributed by atoms with Crippen LogP contribution in [-0.2, 0) is 16.6 Å². The van der Waals surface area contributed by atoms with Gasteiger partial charge in [-0.3, -0.25) is 9.62 Å². The molecule has 140 valence electrons. The summed E-state index contributed by atoms with van der Waals surface area (Å²) in [4.78, 5) is 3.28. The molecule has 0 aliphatic rings. The molecule has 0 fully saturated rings. The average Bonchev–Trinajstić information content (AvgIpc) is 2.69. The first-order valence-electron chi connectivity index (χ1n) is 8.90. The summed E-state index contributed by atoms with van der Waals surface area (Å²) in [6.07, 6.45) is 1.53. The number of benzene rings is 2. The maximum atomic E-state index is 13.0. The Morgan fingerprint density at radius 3 is 2.30 bits per heavy atom. The van der Waals surface area contributed by atoms with Crippen molar-refractivity contribution in [2.45, 2.75) is 25.3 Å². The third-order valence-corrected chi connectivity index (χ3v) is 6.33. The lowest BCUT2D eigenvalue weighted by molar-refractivity contribution is -0.364. The highest BCUT2D eigenvalue weighted by Gasteiger charge is 2.24. The van der Waals surface area contributed by atoms with Crippen LogP contribution in [0.5, 0.6) is 0 Å². The number of H-pyrrole nitrogens is 1. The molecule has 2 aromatic carbocycles. The van der Waals surface area contributed by atoms with E-state index in [4.69, 9.17) is 0 Å². The van der Waals surface area contributed by atoms with Gasteiger partial charge in [-0.2, -0.15) is 0 Å². The maximum absolute atomic E-state index is 13.0. The predicted octanol–water partition coefficient (Wildman–Crippen LogP) is 3.64. The Hall–Kier alpha value is -2.86. The van der Waals surface area contributed by atoms with Gasteiger partial charge in [0, 0.05) is 12.6 Å². The van der Waals surface area contributed by atoms with Crippen LogP contribution in [0.15, 0.2) is 77.8 Å². The second-order valence-electron chi connectivity index (χ2n) is 6.22. The summed E-state index contributed by atoms with van der Waals surface area (Å²) >= 11 is 0. The van der Waals surface area contributed by atoms with Crippen molar-refractivity contribution in [3.63, 3.8) is 0 Å². The average molecular weight is 383 g/mol. The Labute approximate surface area is 160 Å². The third kappa shape index (κ3) is 4.28. The van der Waals surface area contributed by atoms with Gasteiger partial charge in [-0.25, -0.2) is 13.4 Å². The molecule has 0 aliphatic carbocycles. The SMILES string of the molecule is CCN(c1ccccc1)S(=O)(=O)c1ccc(NCc2ccccc2C)[nH+]c1. The molecule has 2 N–H and O–H groups in total. The lowest BCUT2D eigenvalue weighted by Gasteiger charge is -2.22. The molecule has 0 spiro atoms. The molecule has 3 aromatic rings. The summed E-state index contributed by atoms with van der Waals surface area (Å²) in [6, 6.07) is 20.7. The first-order chi connectivity index (χ1) is 13.0. The van der Waals surface area contributed by atoms with E-state index in [1.165, 1.54) is 21.6 Å². The van der Waals surface area contributed by atoms with Gasteiger partial charge in [-0.05, 0) is 43.2 Å². The molecule has 0 unspecified atom stereocenters. The number of nitrogens with one attached hydrogen (secondary N) is 2. The third-order valence-electron chi connectivity index (χ3n) is 4.43. The van der Waals surface area contributed by atoms with Crippen molar-refractivity contribution in [3.8, 4) is 0 Å².